The monoisotopic (exact) mass is 266 g/mol. The van der Waals surface area contributed by atoms with E-state index < -0.39 is 5.97 Å². The Hall–Kier alpha value is -2.11. The van der Waals surface area contributed by atoms with Crippen molar-refractivity contribution in [3.05, 3.63) is 35.6 Å². The van der Waals surface area contributed by atoms with Crippen LogP contribution in [0.4, 0.5) is 9.18 Å². The molecule has 0 bridgehead atoms. The molecule has 0 aliphatic carbocycles. The first-order valence-corrected chi connectivity index (χ1v) is 6.07. The van der Waals surface area contributed by atoms with Gasteiger partial charge in [0.05, 0.1) is 6.42 Å². The Balaban J connectivity index is 1.78. The van der Waals surface area contributed by atoms with Gasteiger partial charge in [-0.15, -0.1) is 0 Å². The summed E-state index contributed by atoms with van der Waals surface area (Å²) >= 11 is 0. The number of aliphatic carboxylic acids is 1. The summed E-state index contributed by atoms with van der Waals surface area (Å²) in [5.74, 6) is -1.18. The molecule has 0 unspecified atom stereocenters. The highest BCUT2D eigenvalue weighted by Gasteiger charge is 2.32. The second-order valence-corrected chi connectivity index (χ2v) is 4.50. The number of carbonyl (C=O) groups excluding carboxylic acids is 1. The Kier molecular flexibility index (Phi) is 3.99. The van der Waals surface area contributed by atoms with Crippen LogP contribution in [0.15, 0.2) is 24.3 Å². The third-order valence-electron chi connectivity index (χ3n) is 3.13. The van der Waals surface area contributed by atoms with E-state index in [2.05, 4.69) is 5.32 Å². The van der Waals surface area contributed by atoms with Crippen LogP contribution in [0.25, 0.3) is 0 Å². The molecule has 0 atom stereocenters. The average molecular weight is 266 g/mol. The van der Waals surface area contributed by atoms with Crippen LogP contribution in [0.1, 0.15) is 17.9 Å². The van der Waals surface area contributed by atoms with Crippen LogP contribution < -0.4 is 5.32 Å². The molecule has 0 radical (unpaired) electrons. The zero-order chi connectivity index (χ0) is 13.8. The van der Waals surface area contributed by atoms with Gasteiger partial charge in [-0.2, -0.15) is 0 Å². The van der Waals surface area contributed by atoms with Crippen LogP contribution in [0.5, 0.6) is 0 Å². The zero-order valence-electron chi connectivity index (χ0n) is 10.3. The van der Waals surface area contributed by atoms with E-state index in [-0.39, 0.29) is 30.7 Å². The largest absolute Gasteiger partial charge is 0.481 e. The Bertz CT molecular complexity index is 487. The van der Waals surface area contributed by atoms with Crippen molar-refractivity contribution < 1.29 is 19.1 Å². The van der Waals surface area contributed by atoms with E-state index >= 15 is 0 Å². The highest BCUT2D eigenvalue weighted by Crippen LogP contribution is 2.28. The number of hydrogen-bond donors (Lipinski definition) is 2. The lowest BCUT2D eigenvalue weighted by Gasteiger charge is -2.39. The molecule has 1 aromatic rings. The number of rotatable bonds is 4. The quantitative estimate of drug-likeness (QED) is 0.865. The Morgan fingerprint density at radius 2 is 2.05 bits per heavy atom. The standard InChI is InChI=1S/C13H15FN2O3/c14-11-4-2-1-3-10(11)9-7-16(8-9)13(19)15-6-5-12(17)18/h1-4,9H,5-8H2,(H,15,19)(H,17,18). The van der Waals surface area contributed by atoms with Crippen LogP contribution in [0, 0.1) is 5.82 Å². The van der Waals surface area contributed by atoms with Crippen molar-refractivity contribution in [2.75, 3.05) is 19.6 Å². The van der Waals surface area contributed by atoms with E-state index in [1.165, 1.54) is 6.07 Å². The number of carboxylic acids is 1. The van der Waals surface area contributed by atoms with Gasteiger partial charge in [-0.1, -0.05) is 18.2 Å². The molecular formula is C13H15FN2O3. The van der Waals surface area contributed by atoms with Gasteiger partial charge in [-0.3, -0.25) is 4.79 Å². The molecule has 1 aliphatic heterocycles. The maximum absolute atomic E-state index is 13.5. The molecule has 0 saturated carbocycles. The fraction of sp³-hybridized carbons (Fsp3) is 0.385. The Labute approximate surface area is 110 Å². The van der Waals surface area contributed by atoms with Crippen molar-refractivity contribution >= 4 is 12.0 Å². The van der Waals surface area contributed by atoms with E-state index in [0.29, 0.717) is 18.7 Å². The number of nitrogens with zero attached hydrogens (tertiary/aromatic N) is 1. The minimum Gasteiger partial charge on any atom is -0.481 e. The molecule has 2 amide bonds. The number of urea groups is 1. The first-order valence-electron chi connectivity index (χ1n) is 6.07. The minimum atomic E-state index is -0.951. The van der Waals surface area contributed by atoms with Crippen molar-refractivity contribution in [2.24, 2.45) is 0 Å². The molecule has 19 heavy (non-hydrogen) atoms. The summed E-state index contributed by atoms with van der Waals surface area (Å²) < 4.78 is 13.5. The number of hydrogen-bond acceptors (Lipinski definition) is 2. The molecule has 2 N–H and O–H groups in total. The second-order valence-electron chi connectivity index (χ2n) is 4.50. The molecule has 1 fully saturated rings. The van der Waals surface area contributed by atoms with Crippen molar-refractivity contribution in [1.29, 1.82) is 0 Å². The third-order valence-corrected chi connectivity index (χ3v) is 3.13. The van der Waals surface area contributed by atoms with E-state index in [1.54, 1.807) is 23.1 Å². The van der Waals surface area contributed by atoms with Gasteiger partial charge < -0.3 is 15.3 Å². The van der Waals surface area contributed by atoms with Crippen molar-refractivity contribution in [3.8, 4) is 0 Å². The number of likely N-dealkylation sites (tertiary alicyclic amines) is 1. The highest BCUT2D eigenvalue weighted by molar-refractivity contribution is 5.76. The van der Waals surface area contributed by atoms with Gasteiger partial charge in [-0.25, -0.2) is 9.18 Å². The van der Waals surface area contributed by atoms with Gasteiger partial charge in [0.25, 0.3) is 0 Å². The molecule has 2 rings (SSSR count). The SMILES string of the molecule is O=C(O)CCNC(=O)N1CC(c2ccccc2F)C1. The molecule has 1 aliphatic rings. The summed E-state index contributed by atoms with van der Waals surface area (Å²) in [5.41, 5.74) is 0.622. The van der Waals surface area contributed by atoms with E-state index in [9.17, 15) is 14.0 Å². The number of amides is 2. The number of carboxylic acid groups (broad SMARTS) is 1. The van der Waals surface area contributed by atoms with E-state index in [4.69, 9.17) is 5.11 Å². The van der Waals surface area contributed by atoms with Gasteiger partial charge in [0, 0.05) is 25.6 Å². The minimum absolute atomic E-state index is 0.0198. The molecule has 6 heteroatoms. The van der Waals surface area contributed by atoms with Crippen molar-refractivity contribution in [2.45, 2.75) is 12.3 Å². The second kappa shape index (κ2) is 5.69. The Morgan fingerprint density at radius 1 is 1.37 bits per heavy atom. The van der Waals surface area contributed by atoms with Gasteiger partial charge in [0.1, 0.15) is 5.82 Å². The lowest BCUT2D eigenvalue weighted by molar-refractivity contribution is -0.136. The molecule has 0 aromatic heterocycles. The number of carbonyl (C=O) groups is 2. The summed E-state index contributed by atoms with van der Waals surface area (Å²) in [4.78, 5) is 23.4. The molecule has 5 nitrogen and oxygen atoms in total. The van der Waals surface area contributed by atoms with Gasteiger partial charge in [-0.05, 0) is 11.6 Å². The number of nitrogens with one attached hydrogen (secondary N) is 1. The summed E-state index contributed by atoms with van der Waals surface area (Å²) in [6, 6.07) is 6.24. The smallest absolute Gasteiger partial charge is 0.317 e. The average Bonchev–Trinajstić information content (AvgIpc) is 2.29. The predicted molar refractivity (Wildman–Crippen MR) is 66.4 cm³/mol. The first-order chi connectivity index (χ1) is 9.08. The summed E-state index contributed by atoms with van der Waals surface area (Å²) in [6.45, 7) is 1.02. The number of halogens is 1. The predicted octanol–water partition coefficient (Wildman–Crippen LogP) is 1.41. The van der Waals surface area contributed by atoms with Crippen molar-refractivity contribution in [1.82, 2.24) is 10.2 Å². The third kappa shape index (κ3) is 3.21. The van der Waals surface area contributed by atoms with Crippen LogP contribution >= 0.6 is 0 Å². The summed E-state index contributed by atoms with van der Waals surface area (Å²) in [6.07, 6.45) is -0.101. The zero-order valence-corrected chi connectivity index (χ0v) is 10.3. The van der Waals surface area contributed by atoms with Crippen LogP contribution in [-0.2, 0) is 4.79 Å². The van der Waals surface area contributed by atoms with Gasteiger partial charge >= 0.3 is 12.0 Å². The Morgan fingerprint density at radius 3 is 2.68 bits per heavy atom. The maximum atomic E-state index is 13.5. The lowest BCUT2D eigenvalue weighted by Crippen LogP contribution is -2.52. The fourth-order valence-electron chi connectivity index (χ4n) is 2.04. The van der Waals surface area contributed by atoms with Crippen LogP contribution in [-0.4, -0.2) is 41.6 Å². The molecule has 1 heterocycles. The normalized spacial score (nSPS) is 14.9. The molecule has 1 saturated heterocycles. The maximum Gasteiger partial charge on any atom is 0.317 e. The summed E-state index contributed by atoms with van der Waals surface area (Å²) in [7, 11) is 0. The number of benzene rings is 1. The molecular weight excluding hydrogens is 251 g/mol. The fourth-order valence-corrected chi connectivity index (χ4v) is 2.04. The van der Waals surface area contributed by atoms with Crippen molar-refractivity contribution in [3.63, 3.8) is 0 Å². The topological polar surface area (TPSA) is 69.6 Å². The first kappa shape index (κ1) is 13.3. The van der Waals surface area contributed by atoms with Gasteiger partial charge in [0.2, 0.25) is 0 Å². The molecule has 0 spiro atoms. The summed E-state index contributed by atoms with van der Waals surface area (Å²) in [5, 5.41) is 11.0. The van der Waals surface area contributed by atoms with Gasteiger partial charge in [0.15, 0.2) is 0 Å². The van der Waals surface area contributed by atoms with Crippen LogP contribution in [0.2, 0.25) is 0 Å². The lowest BCUT2D eigenvalue weighted by atomic mass is 9.91. The highest BCUT2D eigenvalue weighted by atomic mass is 19.1. The molecule has 1 aromatic carbocycles. The van der Waals surface area contributed by atoms with E-state index in [0.717, 1.165) is 0 Å². The van der Waals surface area contributed by atoms with Crippen LogP contribution in [0.3, 0.4) is 0 Å². The van der Waals surface area contributed by atoms with E-state index in [1.807, 2.05) is 0 Å². The molecule has 102 valence electrons.